The van der Waals surface area contributed by atoms with E-state index < -0.39 is 0 Å². The van der Waals surface area contributed by atoms with Crippen molar-refractivity contribution in [1.82, 2.24) is 9.67 Å². The lowest BCUT2D eigenvalue weighted by Crippen LogP contribution is -2.33. The first-order valence-electron chi connectivity index (χ1n) is 5.79. The van der Waals surface area contributed by atoms with Crippen molar-refractivity contribution in [1.29, 1.82) is 0 Å². The molecule has 94 valence electrons. The predicted molar refractivity (Wildman–Crippen MR) is 72.9 cm³/mol. The van der Waals surface area contributed by atoms with E-state index in [0.717, 1.165) is 11.4 Å². The Hall–Kier alpha value is -2.33. The second kappa shape index (κ2) is 4.74. The third kappa shape index (κ3) is 2.30. The summed E-state index contributed by atoms with van der Waals surface area (Å²) in [5.41, 5.74) is 1.46. The maximum absolute atomic E-state index is 12.0. The van der Waals surface area contributed by atoms with Gasteiger partial charge < -0.3 is 0 Å². The zero-order valence-electron chi connectivity index (χ0n) is 9.95. The van der Waals surface area contributed by atoms with Crippen LogP contribution in [0.5, 0.6) is 0 Å². The molecule has 0 fully saturated rings. The van der Waals surface area contributed by atoms with E-state index in [4.69, 9.17) is 11.6 Å². The molecule has 0 amide bonds. The normalized spacial score (nSPS) is 10.6. The van der Waals surface area contributed by atoms with Gasteiger partial charge in [0.2, 0.25) is 0 Å². The summed E-state index contributed by atoms with van der Waals surface area (Å²) in [4.78, 5) is 12.0. The van der Waals surface area contributed by atoms with Crippen LogP contribution in [0.1, 0.15) is 0 Å². The zero-order valence-corrected chi connectivity index (χ0v) is 10.7. The van der Waals surface area contributed by atoms with Crippen molar-refractivity contribution in [2.75, 3.05) is 0 Å². The van der Waals surface area contributed by atoms with Gasteiger partial charge in [-0.2, -0.15) is 0 Å². The molecule has 0 bridgehead atoms. The Balaban J connectivity index is 2.08. The van der Waals surface area contributed by atoms with Crippen LogP contribution in [0.3, 0.4) is 0 Å². The van der Waals surface area contributed by atoms with Gasteiger partial charge in [0.15, 0.2) is 5.69 Å². The lowest BCUT2D eigenvalue weighted by atomic mass is 10.3. The molecule has 5 heteroatoms. The topological polar surface area (TPSA) is 41.7 Å². The van der Waals surface area contributed by atoms with Crippen molar-refractivity contribution in [2.45, 2.75) is 0 Å². The fraction of sp³-hybridized carbons (Fsp3) is 0. The quantitative estimate of drug-likeness (QED) is 0.713. The van der Waals surface area contributed by atoms with Crippen molar-refractivity contribution in [3.8, 4) is 11.4 Å². The molecular formula is C14H11ClN3O+. The van der Waals surface area contributed by atoms with E-state index in [1.54, 1.807) is 35.3 Å². The molecule has 0 spiro atoms. The Morgan fingerprint density at radius 2 is 1.68 bits per heavy atom. The Bertz CT molecular complexity index is 744. The summed E-state index contributed by atoms with van der Waals surface area (Å²) in [6.45, 7) is 0. The second-order valence-corrected chi connectivity index (χ2v) is 4.52. The van der Waals surface area contributed by atoms with E-state index in [2.05, 4.69) is 5.10 Å². The van der Waals surface area contributed by atoms with Gasteiger partial charge in [-0.3, -0.25) is 0 Å². The molecule has 0 saturated heterocycles. The van der Waals surface area contributed by atoms with E-state index in [1.165, 1.54) is 4.57 Å². The van der Waals surface area contributed by atoms with E-state index in [-0.39, 0.29) is 5.69 Å². The summed E-state index contributed by atoms with van der Waals surface area (Å²) < 4.78 is 3.21. The smallest absolute Gasteiger partial charge is 0.216 e. The lowest BCUT2D eigenvalue weighted by Gasteiger charge is -1.94. The Morgan fingerprint density at radius 3 is 2.37 bits per heavy atom. The average Bonchev–Trinajstić information content (AvgIpc) is 2.83. The minimum Gasteiger partial charge on any atom is -0.216 e. The number of benzene rings is 2. The number of halogens is 1. The van der Waals surface area contributed by atoms with Crippen molar-refractivity contribution in [3.63, 3.8) is 0 Å². The Morgan fingerprint density at radius 1 is 1.00 bits per heavy atom. The van der Waals surface area contributed by atoms with Crippen molar-refractivity contribution in [2.24, 2.45) is 0 Å². The largest absolute Gasteiger partial charge is 0.449 e. The number of nitrogens with one attached hydrogen (secondary N) is 1. The van der Waals surface area contributed by atoms with Gasteiger partial charge in [-0.15, -0.1) is 14.3 Å². The van der Waals surface area contributed by atoms with E-state index in [1.807, 2.05) is 30.3 Å². The molecule has 0 aliphatic heterocycles. The molecule has 0 saturated carbocycles. The molecule has 19 heavy (non-hydrogen) atoms. The fourth-order valence-corrected chi connectivity index (χ4v) is 1.99. The molecule has 4 nitrogen and oxygen atoms in total. The summed E-state index contributed by atoms with van der Waals surface area (Å²) in [5.74, 6) is 0. The molecule has 1 aromatic heterocycles. The highest BCUT2D eigenvalue weighted by Gasteiger charge is 2.13. The monoisotopic (exact) mass is 272 g/mol. The number of H-pyrrole nitrogens is 1. The fourth-order valence-electron chi connectivity index (χ4n) is 1.86. The van der Waals surface area contributed by atoms with Crippen LogP contribution in [0.15, 0.2) is 65.7 Å². The van der Waals surface area contributed by atoms with Crippen LogP contribution in [-0.2, 0) is 0 Å². The molecule has 0 aliphatic carbocycles. The van der Waals surface area contributed by atoms with Gasteiger partial charge in [-0.05, 0) is 36.4 Å². The third-order valence-electron chi connectivity index (χ3n) is 2.80. The number of aromatic nitrogens is 3. The first-order valence-corrected chi connectivity index (χ1v) is 6.16. The van der Waals surface area contributed by atoms with Crippen LogP contribution < -0.4 is 10.4 Å². The number of hydrogen-bond donors (Lipinski definition) is 1. The highest BCUT2D eigenvalue weighted by atomic mass is 35.5. The Kier molecular flexibility index (Phi) is 2.93. The zero-order chi connectivity index (χ0) is 13.2. The minimum absolute atomic E-state index is 0.203. The summed E-state index contributed by atoms with van der Waals surface area (Å²) in [7, 11) is 0. The second-order valence-electron chi connectivity index (χ2n) is 4.08. The molecule has 1 heterocycles. The maximum atomic E-state index is 12.0. The van der Waals surface area contributed by atoms with Crippen LogP contribution in [-0.4, -0.2) is 9.67 Å². The van der Waals surface area contributed by atoms with Gasteiger partial charge >= 0.3 is 5.69 Å². The van der Waals surface area contributed by atoms with Gasteiger partial charge in [-0.1, -0.05) is 29.8 Å². The number of para-hydroxylation sites is 1. The SMILES string of the molecule is O=c1[nH][n+](-c2ccccc2)cn1-c1ccc(Cl)cc1. The van der Waals surface area contributed by atoms with Gasteiger partial charge in [0.1, 0.15) is 5.69 Å². The first-order chi connectivity index (χ1) is 9.24. The van der Waals surface area contributed by atoms with Gasteiger partial charge in [0, 0.05) is 5.02 Å². The summed E-state index contributed by atoms with van der Waals surface area (Å²) >= 11 is 5.84. The number of aromatic amines is 1. The van der Waals surface area contributed by atoms with Crippen molar-refractivity contribution in [3.05, 3.63) is 76.4 Å². The van der Waals surface area contributed by atoms with Crippen LogP contribution in [0.25, 0.3) is 11.4 Å². The molecule has 1 N–H and O–H groups in total. The molecule has 0 unspecified atom stereocenters. The maximum Gasteiger partial charge on any atom is 0.449 e. The van der Waals surface area contributed by atoms with Crippen molar-refractivity contribution < 1.29 is 4.68 Å². The van der Waals surface area contributed by atoms with Crippen LogP contribution in [0, 0.1) is 0 Å². The highest BCUT2D eigenvalue weighted by Crippen LogP contribution is 2.11. The summed E-state index contributed by atoms with van der Waals surface area (Å²) in [6, 6.07) is 16.7. The number of hydrogen-bond acceptors (Lipinski definition) is 1. The average molecular weight is 273 g/mol. The van der Waals surface area contributed by atoms with Gasteiger partial charge in [0.25, 0.3) is 6.33 Å². The molecular weight excluding hydrogens is 262 g/mol. The Labute approximate surface area is 114 Å². The molecule has 3 rings (SSSR count). The lowest BCUT2D eigenvalue weighted by molar-refractivity contribution is -0.658. The molecule has 0 aliphatic rings. The molecule has 0 atom stereocenters. The van der Waals surface area contributed by atoms with Crippen molar-refractivity contribution >= 4 is 11.6 Å². The number of nitrogens with zero attached hydrogens (tertiary/aromatic N) is 2. The highest BCUT2D eigenvalue weighted by molar-refractivity contribution is 6.30. The minimum atomic E-state index is -0.203. The van der Waals surface area contributed by atoms with E-state index >= 15 is 0 Å². The first kappa shape index (κ1) is 11.7. The number of rotatable bonds is 2. The van der Waals surface area contributed by atoms with Crippen LogP contribution >= 0.6 is 11.6 Å². The third-order valence-corrected chi connectivity index (χ3v) is 3.06. The van der Waals surface area contributed by atoms with Gasteiger partial charge in [-0.25, -0.2) is 4.79 Å². The standard InChI is InChI=1S/C14H10ClN3O/c15-11-6-8-12(9-7-11)17-10-18(16-14(17)19)13-4-2-1-3-5-13/h1-10H/p+1. The molecule has 0 radical (unpaired) electrons. The van der Waals surface area contributed by atoms with E-state index in [0.29, 0.717) is 5.02 Å². The predicted octanol–water partition coefficient (Wildman–Crippen LogP) is 2.10. The molecule has 3 aromatic rings. The van der Waals surface area contributed by atoms with Crippen LogP contribution in [0.4, 0.5) is 0 Å². The van der Waals surface area contributed by atoms with Gasteiger partial charge in [0.05, 0.1) is 0 Å². The van der Waals surface area contributed by atoms with Crippen LogP contribution in [0.2, 0.25) is 5.02 Å². The summed E-state index contributed by atoms with van der Waals surface area (Å²) in [5, 5.41) is 3.41. The summed E-state index contributed by atoms with van der Waals surface area (Å²) in [6.07, 6.45) is 1.71. The molecule has 2 aromatic carbocycles. The van der Waals surface area contributed by atoms with E-state index in [9.17, 15) is 4.79 Å².